The third-order valence-corrected chi connectivity index (χ3v) is 3.80. The van der Waals surface area contributed by atoms with Gasteiger partial charge in [0, 0.05) is 24.3 Å². The molecule has 0 aliphatic carbocycles. The molecule has 2 aromatic rings. The Bertz CT molecular complexity index is 701. The second-order valence-corrected chi connectivity index (χ2v) is 5.30. The summed E-state index contributed by atoms with van der Waals surface area (Å²) >= 11 is 6.05. The highest BCUT2D eigenvalue weighted by Crippen LogP contribution is 2.27. The van der Waals surface area contributed by atoms with Crippen molar-refractivity contribution < 1.29 is 9.53 Å². The predicted octanol–water partition coefficient (Wildman–Crippen LogP) is 3.20. The van der Waals surface area contributed by atoms with Gasteiger partial charge in [-0.2, -0.15) is 0 Å². The number of carbonyl (C=O) groups is 1. The number of hydrogen-bond donors (Lipinski definition) is 2. The Kier molecular flexibility index (Phi) is 3.82. The van der Waals surface area contributed by atoms with Crippen LogP contribution < -0.4 is 15.4 Å². The van der Waals surface area contributed by atoms with Gasteiger partial charge in [0.25, 0.3) is 5.91 Å². The molecule has 0 spiro atoms. The molecule has 0 radical (unpaired) electrons. The van der Waals surface area contributed by atoms with E-state index in [4.69, 9.17) is 16.3 Å². The van der Waals surface area contributed by atoms with Gasteiger partial charge in [-0.25, -0.2) is 0 Å². The third-order valence-electron chi connectivity index (χ3n) is 3.51. The number of ether oxygens (including phenoxy) is 1. The third kappa shape index (κ3) is 2.86. The zero-order chi connectivity index (χ0) is 14.8. The summed E-state index contributed by atoms with van der Waals surface area (Å²) in [6, 6.07) is 10.9. The zero-order valence-corrected chi connectivity index (χ0v) is 12.3. The molecule has 1 aliphatic rings. The van der Waals surface area contributed by atoms with Crippen LogP contribution in [0, 0.1) is 0 Å². The first-order chi connectivity index (χ1) is 10.2. The number of rotatable bonds is 3. The monoisotopic (exact) mass is 302 g/mol. The van der Waals surface area contributed by atoms with Crippen LogP contribution in [0.15, 0.2) is 36.4 Å². The summed E-state index contributed by atoms with van der Waals surface area (Å²) in [4.78, 5) is 12.3. The maximum atomic E-state index is 12.3. The molecule has 0 aromatic heterocycles. The summed E-state index contributed by atoms with van der Waals surface area (Å²) in [6.45, 7) is 1.68. The lowest BCUT2D eigenvalue weighted by Crippen LogP contribution is -2.12. The van der Waals surface area contributed by atoms with E-state index in [-0.39, 0.29) is 5.91 Å². The maximum absolute atomic E-state index is 12.3. The van der Waals surface area contributed by atoms with E-state index < -0.39 is 0 Å². The van der Waals surface area contributed by atoms with E-state index in [1.807, 2.05) is 18.2 Å². The van der Waals surface area contributed by atoms with Gasteiger partial charge in [-0.3, -0.25) is 4.79 Å². The van der Waals surface area contributed by atoms with Crippen LogP contribution in [0.3, 0.4) is 0 Å². The van der Waals surface area contributed by atoms with Gasteiger partial charge in [0.05, 0.1) is 12.1 Å². The molecule has 0 atom stereocenters. The molecule has 1 amide bonds. The molecule has 0 unspecified atom stereocenters. The maximum Gasteiger partial charge on any atom is 0.255 e. The molecule has 0 saturated heterocycles. The number of methoxy groups -OCH3 is 1. The number of carbonyl (C=O) groups excluding carboxylic acids is 1. The SMILES string of the molecule is COc1ccc(NC(=O)c2ccc3c(c2)CNC3)cc1Cl. The number of anilines is 1. The van der Waals surface area contributed by atoms with E-state index in [1.54, 1.807) is 25.3 Å². The van der Waals surface area contributed by atoms with Crippen molar-refractivity contribution in [3.63, 3.8) is 0 Å². The van der Waals surface area contributed by atoms with Crippen molar-refractivity contribution in [2.24, 2.45) is 0 Å². The van der Waals surface area contributed by atoms with Crippen molar-refractivity contribution in [1.29, 1.82) is 0 Å². The minimum Gasteiger partial charge on any atom is -0.495 e. The van der Waals surface area contributed by atoms with Crippen LogP contribution in [0.2, 0.25) is 5.02 Å². The zero-order valence-electron chi connectivity index (χ0n) is 11.6. The molecule has 0 saturated carbocycles. The fourth-order valence-corrected chi connectivity index (χ4v) is 2.64. The van der Waals surface area contributed by atoms with Crippen molar-refractivity contribution in [3.8, 4) is 5.75 Å². The van der Waals surface area contributed by atoms with Gasteiger partial charge in [-0.15, -0.1) is 0 Å². The Morgan fingerprint density at radius 2 is 2.00 bits per heavy atom. The van der Waals surface area contributed by atoms with Crippen LogP contribution in [-0.4, -0.2) is 13.0 Å². The molecule has 0 bridgehead atoms. The largest absolute Gasteiger partial charge is 0.495 e. The van der Waals surface area contributed by atoms with Crippen molar-refractivity contribution in [1.82, 2.24) is 5.32 Å². The quantitative estimate of drug-likeness (QED) is 0.915. The Labute approximate surface area is 128 Å². The lowest BCUT2D eigenvalue weighted by Gasteiger charge is -2.09. The van der Waals surface area contributed by atoms with Crippen LogP contribution in [0.4, 0.5) is 5.69 Å². The molecule has 108 valence electrons. The molecule has 2 aromatic carbocycles. The highest BCUT2D eigenvalue weighted by Gasteiger charge is 2.14. The number of amides is 1. The van der Waals surface area contributed by atoms with E-state index in [9.17, 15) is 4.79 Å². The van der Waals surface area contributed by atoms with E-state index in [0.717, 1.165) is 13.1 Å². The van der Waals surface area contributed by atoms with E-state index in [0.29, 0.717) is 22.0 Å². The van der Waals surface area contributed by atoms with Gasteiger partial charge >= 0.3 is 0 Å². The van der Waals surface area contributed by atoms with Gasteiger partial charge < -0.3 is 15.4 Å². The van der Waals surface area contributed by atoms with Crippen LogP contribution >= 0.6 is 11.6 Å². The molecule has 1 aliphatic heterocycles. The number of halogens is 1. The van der Waals surface area contributed by atoms with Crippen molar-refractivity contribution in [2.75, 3.05) is 12.4 Å². The summed E-state index contributed by atoms with van der Waals surface area (Å²) < 4.78 is 5.09. The Balaban J connectivity index is 1.78. The van der Waals surface area contributed by atoms with Gasteiger partial charge in [0.1, 0.15) is 5.75 Å². The summed E-state index contributed by atoms with van der Waals surface area (Å²) in [5.41, 5.74) is 3.71. The van der Waals surface area contributed by atoms with Crippen molar-refractivity contribution in [2.45, 2.75) is 13.1 Å². The average Bonchev–Trinajstić information content (AvgIpc) is 2.94. The smallest absolute Gasteiger partial charge is 0.255 e. The molecular formula is C16H15ClN2O2. The topological polar surface area (TPSA) is 50.4 Å². The van der Waals surface area contributed by atoms with E-state index >= 15 is 0 Å². The van der Waals surface area contributed by atoms with Crippen LogP contribution in [0.25, 0.3) is 0 Å². The summed E-state index contributed by atoms with van der Waals surface area (Å²) in [7, 11) is 1.55. The predicted molar refractivity (Wildman–Crippen MR) is 82.9 cm³/mol. The average molecular weight is 303 g/mol. The summed E-state index contributed by atoms with van der Waals surface area (Å²) in [5.74, 6) is 0.434. The minimum absolute atomic E-state index is 0.147. The molecule has 21 heavy (non-hydrogen) atoms. The fraction of sp³-hybridized carbons (Fsp3) is 0.188. The second kappa shape index (κ2) is 5.76. The van der Waals surface area contributed by atoms with Crippen molar-refractivity contribution >= 4 is 23.2 Å². The van der Waals surface area contributed by atoms with Crippen molar-refractivity contribution in [3.05, 3.63) is 58.1 Å². The lowest BCUT2D eigenvalue weighted by molar-refractivity contribution is 0.102. The lowest BCUT2D eigenvalue weighted by atomic mass is 10.1. The highest BCUT2D eigenvalue weighted by molar-refractivity contribution is 6.32. The second-order valence-electron chi connectivity index (χ2n) is 4.89. The molecule has 3 rings (SSSR count). The number of fused-ring (bicyclic) bond motifs is 1. The Hall–Kier alpha value is -2.04. The Morgan fingerprint density at radius 3 is 2.76 bits per heavy atom. The Morgan fingerprint density at radius 1 is 1.19 bits per heavy atom. The van der Waals surface area contributed by atoms with Gasteiger partial charge in [0.15, 0.2) is 0 Å². The van der Waals surface area contributed by atoms with Crippen LogP contribution in [-0.2, 0) is 13.1 Å². The fourth-order valence-electron chi connectivity index (χ4n) is 2.38. The summed E-state index contributed by atoms with van der Waals surface area (Å²) in [6.07, 6.45) is 0. The minimum atomic E-state index is -0.147. The normalized spacial score (nSPS) is 12.9. The first-order valence-corrected chi connectivity index (χ1v) is 7.02. The standard InChI is InChI=1S/C16H15ClN2O2/c1-21-15-5-4-13(7-14(15)17)19-16(20)10-2-3-11-8-18-9-12(11)6-10/h2-7,18H,8-9H2,1H3,(H,19,20). The van der Waals surface area contributed by atoms with Crippen LogP contribution in [0.5, 0.6) is 5.75 Å². The van der Waals surface area contributed by atoms with Gasteiger partial charge in [0.2, 0.25) is 0 Å². The first kappa shape index (κ1) is 13.9. The molecule has 0 fully saturated rings. The number of nitrogens with one attached hydrogen (secondary N) is 2. The molecule has 5 heteroatoms. The number of hydrogen-bond acceptors (Lipinski definition) is 3. The molecule has 1 heterocycles. The molecule has 4 nitrogen and oxygen atoms in total. The first-order valence-electron chi connectivity index (χ1n) is 6.65. The number of benzene rings is 2. The van der Waals surface area contributed by atoms with E-state index in [1.165, 1.54) is 11.1 Å². The molecular weight excluding hydrogens is 288 g/mol. The van der Waals surface area contributed by atoms with Crippen LogP contribution in [0.1, 0.15) is 21.5 Å². The van der Waals surface area contributed by atoms with E-state index in [2.05, 4.69) is 10.6 Å². The summed E-state index contributed by atoms with van der Waals surface area (Å²) in [5, 5.41) is 6.57. The highest BCUT2D eigenvalue weighted by atomic mass is 35.5. The molecule has 2 N–H and O–H groups in total. The van der Waals surface area contributed by atoms with Gasteiger partial charge in [-0.05, 0) is 41.5 Å². The van der Waals surface area contributed by atoms with Gasteiger partial charge in [-0.1, -0.05) is 17.7 Å².